The van der Waals surface area contributed by atoms with E-state index in [4.69, 9.17) is 9.84 Å². The number of hydrogen-bond donors (Lipinski definition) is 2. The zero-order valence-corrected chi connectivity index (χ0v) is 8.54. The molecular formula is C9H19NO3. The van der Waals surface area contributed by atoms with Gasteiger partial charge >= 0.3 is 5.97 Å². The van der Waals surface area contributed by atoms with E-state index < -0.39 is 5.97 Å². The summed E-state index contributed by atoms with van der Waals surface area (Å²) < 4.78 is 4.95. The van der Waals surface area contributed by atoms with E-state index in [1.807, 2.05) is 0 Å². The molecule has 0 heterocycles. The number of hydrogen-bond acceptors (Lipinski definition) is 3. The summed E-state index contributed by atoms with van der Waals surface area (Å²) in [5, 5.41) is 11.7. The van der Waals surface area contributed by atoms with Crippen LogP contribution >= 0.6 is 0 Å². The minimum absolute atomic E-state index is 0.324. The van der Waals surface area contributed by atoms with Gasteiger partial charge in [0.05, 0.1) is 5.92 Å². The lowest BCUT2D eigenvalue weighted by atomic mass is 10.1. The summed E-state index contributed by atoms with van der Waals surface area (Å²) in [6.45, 7) is 5.77. The van der Waals surface area contributed by atoms with Crippen molar-refractivity contribution in [2.45, 2.75) is 13.8 Å². The van der Waals surface area contributed by atoms with E-state index in [-0.39, 0.29) is 5.92 Å². The first-order chi connectivity index (χ1) is 6.07. The monoisotopic (exact) mass is 189 g/mol. The molecule has 0 rings (SSSR count). The van der Waals surface area contributed by atoms with Crippen LogP contribution in [-0.4, -0.2) is 37.9 Å². The highest BCUT2D eigenvalue weighted by molar-refractivity contribution is 5.69. The van der Waals surface area contributed by atoms with Gasteiger partial charge in [0.1, 0.15) is 0 Å². The summed E-state index contributed by atoms with van der Waals surface area (Å²) in [6.07, 6.45) is 0. The molecule has 0 radical (unpaired) electrons. The minimum Gasteiger partial charge on any atom is -0.481 e. The van der Waals surface area contributed by atoms with E-state index in [0.29, 0.717) is 19.1 Å². The van der Waals surface area contributed by atoms with Gasteiger partial charge < -0.3 is 15.2 Å². The Bertz CT molecular complexity index is 150. The second-order valence-electron chi connectivity index (χ2n) is 3.46. The molecule has 2 unspecified atom stereocenters. The van der Waals surface area contributed by atoms with Crippen LogP contribution in [0.25, 0.3) is 0 Å². The van der Waals surface area contributed by atoms with E-state index >= 15 is 0 Å². The summed E-state index contributed by atoms with van der Waals surface area (Å²) in [5.74, 6) is -0.660. The number of aliphatic carboxylic acids is 1. The largest absolute Gasteiger partial charge is 0.481 e. The van der Waals surface area contributed by atoms with Crippen LogP contribution in [0.1, 0.15) is 13.8 Å². The molecular weight excluding hydrogens is 170 g/mol. The zero-order valence-electron chi connectivity index (χ0n) is 8.54. The highest BCUT2D eigenvalue weighted by Gasteiger charge is 2.10. The fourth-order valence-electron chi connectivity index (χ4n) is 0.977. The molecule has 0 saturated heterocycles. The third-order valence-electron chi connectivity index (χ3n) is 1.82. The summed E-state index contributed by atoms with van der Waals surface area (Å²) >= 11 is 0. The molecule has 0 aromatic heterocycles. The fourth-order valence-corrected chi connectivity index (χ4v) is 0.977. The average molecular weight is 189 g/mol. The van der Waals surface area contributed by atoms with Crippen molar-refractivity contribution in [3.63, 3.8) is 0 Å². The molecule has 0 bridgehead atoms. The van der Waals surface area contributed by atoms with Crippen LogP contribution in [0.3, 0.4) is 0 Å². The standard InChI is InChI=1S/C9H19NO3/c1-7(6-13-3)4-10-5-8(2)9(11)12/h7-8,10H,4-6H2,1-3H3,(H,11,12). The van der Waals surface area contributed by atoms with Crippen molar-refractivity contribution in [3.8, 4) is 0 Å². The third-order valence-corrected chi connectivity index (χ3v) is 1.82. The zero-order chi connectivity index (χ0) is 10.3. The van der Waals surface area contributed by atoms with Crippen LogP contribution < -0.4 is 5.32 Å². The number of carbonyl (C=O) groups is 1. The van der Waals surface area contributed by atoms with Crippen LogP contribution in [0, 0.1) is 11.8 Å². The minimum atomic E-state index is -0.758. The van der Waals surface area contributed by atoms with E-state index in [1.165, 1.54) is 0 Å². The molecule has 0 aliphatic rings. The third kappa shape index (κ3) is 6.54. The Balaban J connectivity index is 3.39. The Morgan fingerprint density at radius 1 is 1.46 bits per heavy atom. The lowest BCUT2D eigenvalue weighted by Gasteiger charge is -2.12. The Labute approximate surface area is 79.3 Å². The normalized spacial score (nSPS) is 15.3. The molecule has 0 aliphatic carbocycles. The van der Waals surface area contributed by atoms with Gasteiger partial charge in [-0.2, -0.15) is 0 Å². The van der Waals surface area contributed by atoms with Gasteiger partial charge in [0.2, 0.25) is 0 Å². The van der Waals surface area contributed by atoms with Gasteiger partial charge in [0.25, 0.3) is 0 Å². The van der Waals surface area contributed by atoms with Crippen LogP contribution in [0.4, 0.5) is 0 Å². The molecule has 0 amide bonds. The molecule has 4 nitrogen and oxygen atoms in total. The molecule has 0 aliphatic heterocycles. The van der Waals surface area contributed by atoms with Gasteiger partial charge in [-0.15, -0.1) is 0 Å². The van der Waals surface area contributed by atoms with E-state index in [0.717, 1.165) is 6.54 Å². The van der Waals surface area contributed by atoms with Gasteiger partial charge in [-0.05, 0) is 12.5 Å². The smallest absolute Gasteiger partial charge is 0.307 e. The molecule has 0 aromatic rings. The number of methoxy groups -OCH3 is 1. The molecule has 2 N–H and O–H groups in total. The van der Waals surface area contributed by atoms with Crippen molar-refractivity contribution < 1.29 is 14.6 Å². The Hall–Kier alpha value is -0.610. The number of carboxylic acid groups (broad SMARTS) is 1. The topological polar surface area (TPSA) is 58.6 Å². The fraction of sp³-hybridized carbons (Fsp3) is 0.889. The first-order valence-corrected chi connectivity index (χ1v) is 4.50. The second-order valence-corrected chi connectivity index (χ2v) is 3.46. The van der Waals surface area contributed by atoms with Gasteiger partial charge in [-0.3, -0.25) is 4.79 Å². The SMILES string of the molecule is COCC(C)CNCC(C)C(=O)O. The van der Waals surface area contributed by atoms with Crippen LogP contribution in [0.15, 0.2) is 0 Å². The molecule has 2 atom stereocenters. The van der Waals surface area contributed by atoms with Crippen molar-refractivity contribution in [1.82, 2.24) is 5.32 Å². The van der Waals surface area contributed by atoms with Crippen LogP contribution in [0.5, 0.6) is 0 Å². The van der Waals surface area contributed by atoms with Crippen molar-refractivity contribution in [1.29, 1.82) is 0 Å². The maximum Gasteiger partial charge on any atom is 0.307 e. The van der Waals surface area contributed by atoms with E-state index in [9.17, 15) is 4.79 Å². The molecule has 78 valence electrons. The van der Waals surface area contributed by atoms with Crippen LogP contribution in [-0.2, 0) is 9.53 Å². The second kappa shape index (κ2) is 6.86. The summed E-state index contributed by atoms with van der Waals surface area (Å²) in [7, 11) is 1.66. The Morgan fingerprint density at radius 2 is 2.08 bits per heavy atom. The predicted octanol–water partition coefficient (Wildman–Crippen LogP) is 0.579. The van der Waals surface area contributed by atoms with Crippen molar-refractivity contribution in [2.24, 2.45) is 11.8 Å². The molecule has 0 spiro atoms. The number of nitrogens with one attached hydrogen (secondary N) is 1. The quantitative estimate of drug-likeness (QED) is 0.615. The molecule has 0 saturated carbocycles. The Kier molecular flexibility index (Phi) is 6.54. The lowest BCUT2D eigenvalue weighted by Crippen LogP contribution is -2.30. The van der Waals surface area contributed by atoms with E-state index in [2.05, 4.69) is 12.2 Å². The van der Waals surface area contributed by atoms with Crippen LogP contribution in [0.2, 0.25) is 0 Å². The first kappa shape index (κ1) is 12.4. The highest BCUT2D eigenvalue weighted by atomic mass is 16.5. The van der Waals surface area contributed by atoms with Gasteiger partial charge in [-0.25, -0.2) is 0 Å². The maximum absolute atomic E-state index is 10.4. The maximum atomic E-state index is 10.4. The summed E-state index contributed by atoms with van der Waals surface area (Å²) in [4.78, 5) is 10.4. The summed E-state index contributed by atoms with van der Waals surface area (Å²) in [5.41, 5.74) is 0. The summed E-state index contributed by atoms with van der Waals surface area (Å²) in [6, 6.07) is 0. The number of rotatable bonds is 7. The van der Waals surface area contributed by atoms with Gasteiger partial charge in [0.15, 0.2) is 0 Å². The first-order valence-electron chi connectivity index (χ1n) is 4.50. The van der Waals surface area contributed by atoms with Crippen molar-refractivity contribution in [3.05, 3.63) is 0 Å². The van der Waals surface area contributed by atoms with E-state index in [1.54, 1.807) is 14.0 Å². The Morgan fingerprint density at radius 3 is 2.54 bits per heavy atom. The highest BCUT2D eigenvalue weighted by Crippen LogP contribution is 1.95. The predicted molar refractivity (Wildman–Crippen MR) is 50.7 cm³/mol. The number of carboxylic acids is 1. The van der Waals surface area contributed by atoms with Crippen molar-refractivity contribution >= 4 is 5.97 Å². The number of ether oxygens (including phenoxy) is 1. The molecule has 4 heteroatoms. The molecule has 0 fully saturated rings. The lowest BCUT2D eigenvalue weighted by molar-refractivity contribution is -0.140. The average Bonchev–Trinajstić information content (AvgIpc) is 2.04. The molecule has 13 heavy (non-hydrogen) atoms. The van der Waals surface area contributed by atoms with Gasteiger partial charge in [0, 0.05) is 20.3 Å². The molecule has 0 aromatic carbocycles. The van der Waals surface area contributed by atoms with Crippen molar-refractivity contribution in [2.75, 3.05) is 26.8 Å². The van der Waals surface area contributed by atoms with Gasteiger partial charge in [-0.1, -0.05) is 13.8 Å².